The third kappa shape index (κ3) is 4.89. The second kappa shape index (κ2) is 10.5. The molecule has 2 aliphatic heterocycles. The predicted octanol–water partition coefficient (Wildman–Crippen LogP) is 3.51. The standard InChI is InChI=1S/C27H34N4O4/c1-5-17-35-21-11-9-20(10-12-21)24-23(25(32)22-18(2)28-29(4)19(22)3)26(33)27(34)31(24)16-15-30-13-7-6-8-14-30/h5,9-12,24,32H,1,6-8,13-17H2,2-4H3/b25-23+. The molecule has 3 heterocycles. The number of nitrogens with zero attached hydrogens (tertiary/aromatic N) is 4. The van der Waals surface area contributed by atoms with Crippen LogP contribution in [0.5, 0.6) is 5.75 Å². The molecule has 1 amide bonds. The molecule has 2 saturated heterocycles. The number of hydrogen-bond acceptors (Lipinski definition) is 6. The second-order valence-electron chi connectivity index (χ2n) is 9.23. The first-order valence-corrected chi connectivity index (χ1v) is 12.2. The fourth-order valence-corrected chi connectivity index (χ4v) is 5.04. The summed E-state index contributed by atoms with van der Waals surface area (Å²) in [5, 5.41) is 15.8. The van der Waals surface area contributed by atoms with E-state index in [-0.39, 0.29) is 11.3 Å². The highest BCUT2D eigenvalue weighted by Crippen LogP contribution is 2.40. The molecule has 35 heavy (non-hydrogen) atoms. The summed E-state index contributed by atoms with van der Waals surface area (Å²) < 4.78 is 7.27. The van der Waals surface area contributed by atoms with Gasteiger partial charge in [-0.1, -0.05) is 31.2 Å². The number of aliphatic hydroxyl groups is 1. The number of aryl methyl sites for hydroxylation is 2. The molecule has 0 saturated carbocycles. The number of ketones is 1. The lowest BCUT2D eigenvalue weighted by Gasteiger charge is -2.31. The van der Waals surface area contributed by atoms with E-state index in [9.17, 15) is 14.7 Å². The number of carbonyl (C=O) groups is 2. The Morgan fingerprint density at radius 3 is 2.43 bits per heavy atom. The minimum absolute atomic E-state index is 0.104. The molecule has 1 unspecified atom stereocenters. The lowest BCUT2D eigenvalue weighted by atomic mass is 9.94. The monoisotopic (exact) mass is 478 g/mol. The van der Waals surface area contributed by atoms with Crippen molar-refractivity contribution in [1.82, 2.24) is 19.6 Å². The van der Waals surface area contributed by atoms with Crippen molar-refractivity contribution in [2.75, 3.05) is 32.8 Å². The maximum atomic E-state index is 13.3. The zero-order chi connectivity index (χ0) is 25.1. The van der Waals surface area contributed by atoms with Crippen LogP contribution in [0.3, 0.4) is 0 Å². The zero-order valence-corrected chi connectivity index (χ0v) is 20.8. The number of carbonyl (C=O) groups excluding carboxylic acids is 2. The van der Waals surface area contributed by atoms with Gasteiger partial charge in [-0.2, -0.15) is 5.10 Å². The minimum Gasteiger partial charge on any atom is -0.507 e. The summed E-state index contributed by atoms with van der Waals surface area (Å²) >= 11 is 0. The number of benzene rings is 1. The van der Waals surface area contributed by atoms with Gasteiger partial charge < -0.3 is 19.6 Å². The molecule has 186 valence electrons. The van der Waals surface area contributed by atoms with Crippen molar-refractivity contribution in [3.05, 3.63) is 65.0 Å². The Bertz CT molecular complexity index is 1140. The maximum absolute atomic E-state index is 13.3. The number of likely N-dealkylation sites (tertiary alicyclic amines) is 2. The number of amides is 1. The number of piperidine rings is 1. The molecule has 0 aliphatic carbocycles. The lowest BCUT2D eigenvalue weighted by Crippen LogP contribution is -2.39. The van der Waals surface area contributed by atoms with Gasteiger partial charge >= 0.3 is 0 Å². The summed E-state index contributed by atoms with van der Waals surface area (Å²) in [6.07, 6.45) is 5.19. The van der Waals surface area contributed by atoms with E-state index in [0.29, 0.717) is 36.7 Å². The summed E-state index contributed by atoms with van der Waals surface area (Å²) in [7, 11) is 1.79. The van der Waals surface area contributed by atoms with E-state index in [0.717, 1.165) is 37.2 Å². The third-order valence-corrected chi connectivity index (χ3v) is 6.96. The molecule has 0 bridgehead atoms. The van der Waals surface area contributed by atoms with Gasteiger partial charge in [0.2, 0.25) is 0 Å². The SMILES string of the molecule is C=CCOc1ccc(C2/C(=C(\O)c3c(C)nn(C)c3C)C(=O)C(=O)N2CCN2CCCCC2)cc1. The molecule has 1 atom stereocenters. The summed E-state index contributed by atoms with van der Waals surface area (Å²) in [6.45, 7) is 10.8. The van der Waals surface area contributed by atoms with E-state index in [1.165, 1.54) is 6.42 Å². The quantitative estimate of drug-likeness (QED) is 0.270. The van der Waals surface area contributed by atoms with Crippen molar-refractivity contribution in [2.24, 2.45) is 7.05 Å². The van der Waals surface area contributed by atoms with Crippen molar-refractivity contribution in [3.8, 4) is 5.75 Å². The lowest BCUT2D eigenvalue weighted by molar-refractivity contribution is -0.140. The van der Waals surface area contributed by atoms with E-state index in [4.69, 9.17) is 4.74 Å². The van der Waals surface area contributed by atoms with Gasteiger partial charge in [-0.05, 0) is 57.5 Å². The highest BCUT2D eigenvalue weighted by molar-refractivity contribution is 6.46. The highest BCUT2D eigenvalue weighted by Gasteiger charge is 2.46. The van der Waals surface area contributed by atoms with Crippen LogP contribution in [0.25, 0.3) is 5.76 Å². The Balaban J connectivity index is 1.75. The van der Waals surface area contributed by atoms with Crippen LogP contribution in [0.1, 0.15) is 47.8 Å². The van der Waals surface area contributed by atoms with E-state index in [1.54, 1.807) is 29.6 Å². The molecule has 1 N–H and O–H groups in total. The van der Waals surface area contributed by atoms with Gasteiger partial charge in [0.25, 0.3) is 11.7 Å². The molecular formula is C27H34N4O4. The Morgan fingerprint density at radius 2 is 1.83 bits per heavy atom. The number of aromatic nitrogens is 2. The molecule has 2 aliphatic rings. The topological polar surface area (TPSA) is 87.9 Å². The van der Waals surface area contributed by atoms with Crippen LogP contribution in [0.4, 0.5) is 0 Å². The van der Waals surface area contributed by atoms with Crippen molar-refractivity contribution in [2.45, 2.75) is 39.2 Å². The fraction of sp³-hybridized carbons (Fsp3) is 0.444. The molecular weight excluding hydrogens is 444 g/mol. The molecule has 0 spiro atoms. The van der Waals surface area contributed by atoms with Crippen LogP contribution in [0.2, 0.25) is 0 Å². The van der Waals surface area contributed by atoms with Gasteiger partial charge in [0.1, 0.15) is 18.1 Å². The molecule has 0 radical (unpaired) electrons. The molecule has 8 nitrogen and oxygen atoms in total. The van der Waals surface area contributed by atoms with Crippen molar-refractivity contribution >= 4 is 17.4 Å². The Hall–Kier alpha value is -3.39. The van der Waals surface area contributed by atoms with Gasteiger partial charge in [-0.3, -0.25) is 14.3 Å². The number of Topliss-reactive ketones (excluding diaryl/α,β-unsaturated/α-hetero) is 1. The van der Waals surface area contributed by atoms with Gasteiger partial charge in [0, 0.05) is 25.8 Å². The summed E-state index contributed by atoms with van der Waals surface area (Å²) in [5.41, 5.74) is 2.68. The molecule has 4 rings (SSSR count). The minimum atomic E-state index is -0.688. The number of hydrogen-bond donors (Lipinski definition) is 1. The van der Waals surface area contributed by atoms with E-state index >= 15 is 0 Å². The summed E-state index contributed by atoms with van der Waals surface area (Å²) in [5.74, 6) is -0.762. The molecule has 1 aromatic heterocycles. The van der Waals surface area contributed by atoms with Crippen molar-refractivity contribution in [1.29, 1.82) is 0 Å². The van der Waals surface area contributed by atoms with Gasteiger partial charge in [0.15, 0.2) is 0 Å². The summed E-state index contributed by atoms with van der Waals surface area (Å²) in [4.78, 5) is 30.5. The molecule has 2 fully saturated rings. The van der Waals surface area contributed by atoms with Crippen LogP contribution in [-0.4, -0.2) is 69.2 Å². The van der Waals surface area contributed by atoms with Crippen LogP contribution in [0, 0.1) is 13.8 Å². The first kappa shape index (κ1) is 24.7. The normalized spacial score (nSPS) is 20.4. The largest absolute Gasteiger partial charge is 0.507 e. The molecule has 1 aromatic carbocycles. The van der Waals surface area contributed by atoms with Crippen LogP contribution in [-0.2, 0) is 16.6 Å². The average molecular weight is 479 g/mol. The number of aliphatic hydroxyl groups excluding tert-OH is 1. The predicted molar refractivity (Wildman–Crippen MR) is 134 cm³/mol. The fourth-order valence-electron chi connectivity index (χ4n) is 5.04. The van der Waals surface area contributed by atoms with Crippen LogP contribution < -0.4 is 4.74 Å². The Kier molecular flexibility index (Phi) is 7.40. The number of ether oxygens (including phenoxy) is 1. The number of rotatable bonds is 8. The maximum Gasteiger partial charge on any atom is 0.295 e. The van der Waals surface area contributed by atoms with Crippen LogP contribution >= 0.6 is 0 Å². The van der Waals surface area contributed by atoms with E-state index < -0.39 is 17.7 Å². The first-order chi connectivity index (χ1) is 16.8. The zero-order valence-electron chi connectivity index (χ0n) is 20.8. The van der Waals surface area contributed by atoms with Crippen LogP contribution in [0.15, 0.2) is 42.5 Å². The van der Waals surface area contributed by atoms with Gasteiger partial charge in [-0.25, -0.2) is 0 Å². The van der Waals surface area contributed by atoms with Crippen molar-refractivity contribution < 1.29 is 19.4 Å². The smallest absolute Gasteiger partial charge is 0.295 e. The van der Waals surface area contributed by atoms with E-state index in [1.807, 2.05) is 31.2 Å². The van der Waals surface area contributed by atoms with Crippen molar-refractivity contribution in [3.63, 3.8) is 0 Å². The first-order valence-electron chi connectivity index (χ1n) is 12.2. The second-order valence-corrected chi connectivity index (χ2v) is 9.23. The van der Waals surface area contributed by atoms with Gasteiger partial charge in [0.05, 0.1) is 22.9 Å². The molecule has 2 aromatic rings. The van der Waals surface area contributed by atoms with Gasteiger partial charge in [-0.15, -0.1) is 0 Å². The average Bonchev–Trinajstić information content (AvgIpc) is 3.27. The third-order valence-electron chi connectivity index (χ3n) is 6.96. The highest BCUT2D eigenvalue weighted by atomic mass is 16.5. The Labute approximate surface area is 206 Å². The van der Waals surface area contributed by atoms with E-state index in [2.05, 4.69) is 16.6 Å². The summed E-state index contributed by atoms with van der Waals surface area (Å²) in [6, 6.07) is 6.62. The Morgan fingerprint density at radius 1 is 1.14 bits per heavy atom. The molecule has 8 heteroatoms.